The summed E-state index contributed by atoms with van der Waals surface area (Å²) in [5.74, 6) is 1.69. The maximum Gasteiger partial charge on any atom is 0.274 e. The summed E-state index contributed by atoms with van der Waals surface area (Å²) >= 11 is 0. The second kappa shape index (κ2) is 7.12. The van der Waals surface area contributed by atoms with E-state index in [2.05, 4.69) is 21.6 Å². The highest BCUT2D eigenvalue weighted by Gasteiger charge is 2.43. The van der Waals surface area contributed by atoms with E-state index in [4.69, 9.17) is 9.72 Å². The van der Waals surface area contributed by atoms with Crippen molar-refractivity contribution in [2.75, 3.05) is 13.2 Å². The largest absolute Gasteiger partial charge is 0.373 e. The van der Waals surface area contributed by atoms with Gasteiger partial charge in [-0.2, -0.15) is 0 Å². The molecule has 2 atom stereocenters. The summed E-state index contributed by atoms with van der Waals surface area (Å²) in [7, 11) is 0. The third kappa shape index (κ3) is 2.98. The summed E-state index contributed by atoms with van der Waals surface area (Å²) in [5.41, 5.74) is 2.61. The first kappa shape index (κ1) is 17.0. The van der Waals surface area contributed by atoms with Gasteiger partial charge in [0.1, 0.15) is 5.82 Å². The Bertz CT molecular complexity index is 830. The molecule has 0 bridgehead atoms. The summed E-state index contributed by atoms with van der Waals surface area (Å²) < 4.78 is 7.86. The third-order valence-electron chi connectivity index (χ3n) is 6.47. The maximum absolute atomic E-state index is 13.4. The van der Waals surface area contributed by atoms with E-state index < -0.39 is 0 Å². The standard InChI is InChI=1S/C22H27N3O2/c26-22(25-14-17-10-4-1-2-7-11-18(17)25)20-19-15-27-13-12-24(19)21(23-20)16-8-5-3-6-9-16/h3,5-6,8-9,17-18H,1-2,4,7,10-15H2. The van der Waals surface area contributed by atoms with Crippen LogP contribution in [0.2, 0.25) is 0 Å². The lowest BCUT2D eigenvalue weighted by Gasteiger charge is -2.49. The van der Waals surface area contributed by atoms with E-state index in [1.54, 1.807) is 0 Å². The van der Waals surface area contributed by atoms with Crippen LogP contribution in [0.3, 0.4) is 0 Å². The highest BCUT2D eigenvalue weighted by atomic mass is 16.5. The van der Waals surface area contributed by atoms with Crippen LogP contribution in [-0.2, 0) is 17.9 Å². The van der Waals surface area contributed by atoms with Gasteiger partial charge in [0.25, 0.3) is 5.91 Å². The zero-order valence-corrected chi connectivity index (χ0v) is 15.8. The van der Waals surface area contributed by atoms with Crippen molar-refractivity contribution in [2.45, 2.75) is 57.7 Å². The van der Waals surface area contributed by atoms with Gasteiger partial charge in [0.05, 0.1) is 18.9 Å². The number of nitrogens with zero attached hydrogens (tertiary/aromatic N) is 3. The third-order valence-corrected chi connectivity index (χ3v) is 6.47. The van der Waals surface area contributed by atoms with Crippen molar-refractivity contribution in [3.63, 3.8) is 0 Å². The number of hydrogen-bond acceptors (Lipinski definition) is 3. The number of ether oxygens (including phenoxy) is 1. The van der Waals surface area contributed by atoms with Crippen molar-refractivity contribution in [2.24, 2.45) is 5.92 Å². The predicted molar refractivity (Wildman–Crippen MR) is 103 cm³/mol. The molecule has 5 rings (SSSR count). The van der Waals surface area contributed by atoms with Gasteiger partial charge in [0, 0.05) is 24.7 Å². The molecule has 1 aromatic heterocycles. The number of amides is 1. The SMILES string of the molecule is O=C(c1nc(-c2ccccc2)n2c1COCC2)N1CC2CCCCCCC21. The van der Waals surface area contributed by atoms with Gasteiger partial charge in [-0.1, -0.05) is 56.0 Å². The molecule has 27 heavy (non-hydrogen) atoms. The zero-order chi connectivity index (χ0) is 18.2. The van der Waals surface area contributed by atoms with Gasteiger partial charge in [-0.15, -0.1) is 0 Å². The first-order valence-electron chi connectivity index (χ1n) is 10.4. The van der Waals surface area contributed by atoms with E-state index in [1.165, 1.54) is 32.1 Å². The average molecular weight is 365 g/mol. The number of benzene rings is 1. The molecule has 0 spiro atoms. The van der Waals surface area contributed by atoms with Gasteiger partial charge >= 0.3 is 0 Å². The maximum atomic E-state index is 13.4. The lowest BCUT2D eigenvalue weighted by Crippen LogP contribution is -2.59. The smallest absolute Gasteiger partial charge is 0.274 e. The minimum atomic E-state index is 0.105. The molecule has 1 saturated heterocycles. The van der Waals surface area contributed by atoms with Crippen LogP contribution in [0, 0.1) is 5.92 Å². The summed E-state index contributed by atoms with van der Waals surface area (Å²) in [4.78, 5) is 20.3. The van der Waals surface area contributed by atoms with Gasteiger partial charge in [0.15, 0.2) is 5.69 Å². The summed E-state index contributed by atoms with van der Waals surface area (Å²) in [6.45, 7) is 2.80. The predicted octanol–water partition coefficient (Wildman–Crippen LogP) is 3.88. The van der Waals surface area contributed by atoms with Crippen molar-refractivity contribution in [3.05, 3.63) is 41.7 Å². The van der Waals surface area contributed by atoms with Gasteiger partial charge in [-0.3, -0.25) is 4.79 Å². The first-order chi connectivity index (χ1) is 13.3. The summed E-state index contributed by atoms with van der Waals surface area (Å²) in [6, 6.07) is 10.6. The van der Waals surface area contributed by atoms with Gasteiger partial charge in [-0.25, -0.2) is 4.98 Å². The number of imidazole rings is 1. The summed E-state index contributed by atoms with van der Waals surface area (Å²) in [5, 5.41) is 0. The van der Waals surface area contributed by atoms with Crippen molar-refractivity contribution < 1.29 is 9.53 Å². The Kier molecular flexibility index (Phi) is 4.48. The quantitative estimate of drug-likeness (QED) is 0.811. The van der Waals surface area contributed by atoms with Crippen LogP contribution in [-0.4, -0.2) is 39.6 Å². The molecule has 5 nitrogen and oxygen atoms in total. The van der Waals surface area contributed by atoms with E-state index in [1.807, 2.05) is 18.2 Å². The van der Waals surface area contributed by atoms with Crippen molar-refractivity contribution in [1.29, 1.82) is 0 Å². The van der Waals surface area contributed by atoms with Crippen molar-refractivity contribution in [3.8, 4) is 11.4 Å². The normalized spacial score (nSPS) is 25.0. The fraction of sp³-hybridized carbons (Fsp3) is 0.545. The molecule has 3 heterocycles. The molecule has 2 aliphatic heterocycles. The second-order valence-corrected chi connectivity index (χ2v) is 8.08. The lowest BCUT2D eigenvalue weighted by molar-refractivity contribution is 0.00328. The molecular formula is C22H27N3O2. The molecule has 1 aliphatic carbocycles. The average Bonchev–Trinajstić information content (AvgIpc) is 3.07. The highest BCUT2D eigenvalue weighted by molar-refractivity contribution is 5.95. The molecule has 2 aromatic rings. The molecule has 2 unspecified atom stereocenters. The number of likely N-dealkylation sites (tertiary alicyclic amines) is 1. The minimum Gasteiger partial charge on any atom is -0.373 e. The van der Waals surface area contributed by atoms with Crippen molar-refractivity contribution >= 4 is 5.91 Å². The van der Waals surface area contributed by atoms with Crippen molar-refractivity contribution in [1.82, 2.24) is 14.5 Å². The molecule has 3 aliphatic rings. The number of carbonyl (C=O) groups is 1. The van der Waals surface area contributed by atoms with Crippen LogP contribution in [0.15, 0.2) is 30.3 Å². The van der Waals surface area contributed by atoms with Crippen LogP contribution in [0.4, 0.5) is 0 Å². The Morgan fingerprint density at radius 2 is 1.89 bits per heavy atom. The van der Waals surface area contributed by atoms with Crippen LogP contribution >= 0.6 is 0 Å². The molecule has 5 heteroatoms. The molecule has 142 valence electrons. The minimum absolute atomic E-state index is 0.105. The molecule has 1 amide bonds. The fourth-order valence-corrected chi connectivity index (χ4v) is 4.96. The lowest BCUT2D eigenvalue weighted by atomic mass is 9.79. The topological polar surface area (TPSA) is 47.4 Å². The van der Waals surface area contributed by atoms with Crippen LogP contribution in [0.25, 0.3) is 11.4 Å². The Hall–Kier alpha value is -2.14. The van der Waals surface area contributed by atoms with E-state index in [0.717, 1.165) is 36.6 Å². The summed E-state index contributed by atoms with van der Waals surface area (Å²) in [6.07, 6.45) is 7.63. The first-order valence-corrected chi connectivity index (χ1v) is 10.4. The Balaban J connectivity index is 1.46. The number of carbonyl (C=O) groups excluding carboxylic acids is 1. The number of fused-ring (bicyclic) bond motifs is 2. The molecule has 1 saturated carbocycles. The van der Waals surface area contributed by atoms with Crippen LogP contribution in [0.1, 0.15) is 54.7 Å². The Morgan fingerprint density at radius 1 is 1.07 bits per heavy atom. The van der Waals surface area contributed by atoms with Crippen LogP contribution < -0.4 is 0 Å². The van der Waals surface area contributed by atoms with Crippen LogP contribution in [0.5, 0.6) is 0 Å². The van der Waals surface area contributed by atoms with Gasteiger partial charge < -0.3 is 14.2 Å². The molecule has 0 N–H and O–H groups in total. The van der Waals surface area contributed by atoms with E-state index in [-0.39, 0.29) is 5.91 Å². The van der Waals surface area contributed by atoms with E-state index in [9.17, 15) is 4.79 Å². The monoisotopic (exact) mass is 365 g/mol. The second-order valence-electron chi connectivity index (χ2n) is 8.08. The number of hydrogen-bond donors (Lipinski definition) is 0. The van der Waals surface area contributed by atoms with E-state index >= 15 is 0 Å². The number of rotatable bonds is 2. The molecule has 0 radical (unpaired) electrons. The number of aromatic nitrogens is 2. The highest BCUT2D eigenvalue weighted by Crippen LogP contribution is 2.37. The molecule has 1 aromatic carbocycles. The van der Waals surface area contributed by atoms with E-state index in [0.29, 0.717) is 30.9 Å². The molecular weight excluding hydrogens is 338 g/mol. The van der Waals surface area contributed by atoms with Gasteiger partial charge in [0.2, 0.25) is 0 Å². The Labute approximate surface area is 160 Å². The zero-order valence-electron chi connectivity index (χ0n) is 15.8. The fourth-order valence-electron chi connectivity index (χ4n) is 4.96. The molecule has 2 fully saturated rings. The Morgan fingerprint density at radius 3 is 2.74 bits per heavy atom. The van der Waals surface area contributed by atoms with Gasteiger partial charge in [-0.05, 0) is 18.8 Å².